The minimum Gasteiger partial charge on any atom is -0.493 e. The van der Waals surface area contributed by atoms with E-state index in [1.165, 1.54) is 26.4 Å². The highest BCUT2D eigenvalue weighted by Crippen LogP contribution is 2.37. The van der Waals surface area contributed by atoms with Crippen molar-refractivity contribution in [2.45, 2.75) is 18.4 Å². The molecular formula is C22H26O8. The number of ether oxygens (including phenoxy) is 5. The predicted octanol–water partition coefficient (Wildman–Crippen LogP) is 1.80. The molecule has 1 fully saturated rings. The van der Waals surface area contributed by atoms with Gasteiger partial charge in [-0.25, -0.2) is 0 Å². The van der Waals surface area contributed by atoms with E-state index in [1.54, 1.807) is 14.2 Å². The van der Waals surface area contributed by atoms with Crippen LogP contribution in [0, 0.1) is 11.8 Å². The van der Waals surface area contributed by atoms with Gasteiger partial charge in [0, 0.05) is 5.92 Å². The van der Waals surface area contributed by atoms with Gasteiger partial charge in [0.15, 0.2) is 23.0 Å². The van der Waals surface area contributed by atoms with Gasteiger partial charge in [-0.3, -0.25) is 9.59 Å². The number of carbonyl (C=O) groups is 2. The van der Waals surface area contributed by atoms with Crippen molar-refractivity contribution < 1.29 is 38.4 Å². The molecule has 3 rings (SSSR count). The van der Waals surface area contributed by atoms with Crippen molar-refractivity contribution in [3.05, 3.63) is 47.4 Å². The number of Topliss-reactive ketones (excluding diaryl/α,β-unsaturated/α-hetero) is 1. The number of carbonyl (C=O) groups excluding carboxylic acids is 2. The lowest BCUT2D eigenvalue weighted by Gasteiger charge is -2.29. The SMILES string of the molecule is COC1=CC(O)(C[C@H]2C(=O)OC[C@@H]2Cc2ccc(OC)c(OC)c2)C=C(OC)C1=O. The van der Waals surface area contributed by atoms with Gasteiger partial charge in [0.2, 0.25) is 0 Å². The molecule has 1 aromatic rings. The van der Waals surface area contributed by atoms with E-state index in [-0.39, 0.29) is 36.4 Å². The van der Waals surface area contributed by atoms with E-state index < -0.39 is 17.3 Å². The summed E-state index contributed by atoms with van der Waals surface area (Å²) in [5.41, 5.74) is -0.623. The molecule has 0 unspecified atom stereocenters. The Morgan fingerprint density at radius 1 is 1.00 bits per heavy atom. The molecule has 0 spiro atoms. The zero-order valence-electron chi connectivity index (χ0n) is 17.5. The lowest BCUT2D eigenvalue weighted by molar-refractivity contribution is -0.142. The maximum atomic E-state index is 12.4. The topological polar surface area (TPSA) is 101 Å². The normalized spacial score (nSPS) is 22.7. The first-order valence-electron chi connectivity index (χ1n) is 9.52. The van der Waals surface area contributed by atoms with Crippen LogP contribution in [0.15, 0.2) is 41.9 Å². The maximum Gasteiger partial charge on any atom is 0.309 e. The van der Waals surface area contributed by atoms with Crippen molar-refractivity contribution in [1.82, 2.24) is 0 Å². The van der Waals surface area contributed by atoms with Crippen molar-refractivity contribution >= 4 is 11.8 Å². The molecule has 30 heavy (non-hydrogen) atoms. The Hall–Kier alpha value is -3.00. The van der Waals surface area contributed by atoms with Gasteiger partial charge < -0.3 is 28.8 Å². The molecule has 1 aliphatic heterocycles. The summed E-state index contributed by atoms with van der Waals surface area (Å²) in [7, 11) is 5.81. The number of methoxy groups -OCH3 is 4. The number of esters is 1. The first-order valence-corrected chi connectivity index (χ1v) is 9.52. The highest BCUT2D eigenvalue weighted by Gasteiger charge is 2.44. The summed E-state index contributed by atoms with van der Waals surface area (Å²) in [5, 5.41) is 11.1. The van der Waals surface area contributed by atoms with Crippen LogP contribution >= 0.6 is 0 Å². The zero-order chi connectivity index (χ0) is 21.9. The minimum absolute atomic E-state index is 0.0281. The molecule has 2 atom stereocenters. The van der Waals surface area contributed by atoms with Gasteiger partial charge in [0.05, 0.1) is 41.0 Å². The molecule has 0 aromatic heterocycles. The molecule has 0 saturated carbocycles. The van der Waals surface area contributed by atoms with Gasteiger partial charge >= 0.3 is 5.97 Å². The van der Waals surface area contributed by atoms with Crippen LogP contribution < -0.4 is 9.47 Å². The third-order valence-electron chi connectivity index (χ3n) is 5.45. The van der Waals surface area contributed by atoms with Crippen LogP contribution in [0.4, 0.5) is 0 Å². The number of benzene rings is 1. The molecule has 1 heterocycles. The first-order chi connectivity index (χ1) is 14.3. The minimum atomic E-state index is -1.57. The van der Waals surface area contributed by atoms with Gasteiger partial charge in [-0.05, 0) is 42.7 Å². The molecule has 0 radical (unpaired) electrons. The number of ketones is 1. The van der Waals surface area contributed by atoms with Crippen molar-refractivity contribution in [1.29, 1.82) is 0 Å². The average Bonchev–Trinajstić information content (AvgIpc) is 3.08. The van der Waals surface area contributed by atoms with Gasteiger partial charge in [0.25, 0.3) is 5.78 Å². The second kappa shape index (κ2) is 8.79. The molecule has 1 saturated heterocycles. The van der Waals surface area contributed by atoms with E-state index >= 15 is 0 Å². The Labute approximate surface area is 175 Å². The van der Waals surface area contributed by atoms with E-state index in [0.717, 1.165) is 5.56 Å². The zero-order valence-corrected chi connectivity index (χ0v) is 17.5. The lowest BCUT2D eigenvalue weighted by Crippen LogP contribution is -2.36. The molecule has 8 heteroatoms. The molecule has 1 aromatic carbocycles. The summed E-state index contributed by atoms with van der Waals surface area (Å²) < 4.78 is 26.1. The summed E-state index contributed by atoms with van der Waals surface area (Å²) in [5.74, 6) is -0.407. The van der Waals surface area contributed by atoms with Crippen LogP contribution in [0.5, 0.6) is 11.5 Å². The maximum absolute atomic E-state index is 12.4. The number of rotatable bonds is 8. The fourth-order valence-electron chi connectivity index (χ4n) is 3.89. The summed E-state index contributed by atoms with van der Waals surface area (Å²) >= 11 is 0. The van der Waals surface area contributed by atoms with Gasteiger partial charge in [-0.2, -0.15) is 0 Å². The highest BCUT2D eigenvalue weighted by atomic mass is 16.5. The number of hydrogen-bond acceptors (Lipinski definition) is 8. The monoisotopic (exact) mass is 418 g/mol. The number of cyclic esters (lactones) is 1. The molecule has 8 nitrogen and oxygen atoms in total. The Balaban J connectivity index is 1.82. The van der Waals surface area contributed by atoms with Gasteiger partial charge in [0.1, 0.15) is 5.60 Å². The highest BCUT2D eigenvalue weighted by molar-refractivity contribution is 6.06. The quantitative estimate of drug-likeness (QED) is 0.638. The predicted molar refractivity (Wildman–Crippen MR) is 106 cm³/mol. The fraction of sp³-hybridized carbons (Fsp3) is 0.455. The summed E-state index contributed by atoms with van der Waals surface area (Å²) in [6.07, 6.45) is 3.22. The summed E-state index contributed by atoms with van der Waals surface area (Å²) in [4.78, 5) is 24.6. The summed E-state index contributed by atoms with van der Waals surface area (Å²) in [6.45, 7) is 0.245. The number of aliphatic hydroxyl groups is 1. The van der Waals surface area contributed by atoms with Crippen LogP contribution in [0.2, 0.25) is 0 Å². The van der Waals surface area contributed by atoms with Gasteiger partial charge in [-0.1, -0.05) is 6.07 Å². The van der Waals surface area contributed by atoms with E-state index in [4.69, 9.17) is 23.7 Å². The van der Waals surface area contributed by atoms with Crippen LogP contribution in [0.1, 0.15) is 12.0 Å². The second-order valence-corrected chi connectivity index (χ2v) is 7.34. The molecular weight excluding hydrogens is 392 g/mol. The van der Waals surface area contributed by atoms with Crippen molar-refractivity contribution in [2.75, 3.05) is 35.0 Å². The second-order valence-electron chi connectivity index (χ2n) is 7.34. The van der Waals surface area contributed by atoms with Crippen LogP contribution in [-0.2, 0) is 30.2 Å². The molecule has 162 valence electrons. The molecule has 1 aliphatic carbocycles. The van der Waals surface area contributed by atoms with Crippen LogP contribution in [0.3, 0.4) is 0 Å². The van der Waals surface area contributed by atoms with E-state index in [0.29, 0.717) is 17.9 Å². The molecule has 0 amide bonds. The third kappa shape index (κ3) is 4.28. The molecule has 2 aliphatic rings. The Kier molecular flexibility index (Phi) is 6.36. The largest absolute Gasteiger partial charge is 0.493 e. The average molecular weight is 418 g/mol. The van der Waals surface area contributed by atoms with Crippen LogP contribution in [-0.4, -0.2) is 57.5 Å². The van der Waals surface area contributed by atoms with Crippen molar-refractivity contribution in [3.8, 4) is 11.5 Å². The Morgan fingerprint density at radius 2 is 1.63 bits per heavy atom. The van der Waals surface area contributed by atoms with E-state index in [2.05, 4.69) is 0 Å². The summed E-state index contributed by atoms with van der Waals surface area (Å²) in [6, 6.07) is 5.57. The number of hydrogen-bond donors (Lipinski definition) is 1. The molecule has 1 N–H and O–H groups in total. The smallest absolute Gasteiger partial charge is 0.309 e. The van der Waals surface area contributed by atoms with E-state index in [1.807, 2.05) is 18.2 Å². The van der Waals surface area contributed by atoms with Gasteiger partial charge in [-0.15, -0.1) is 0 Å². The molecule has 0 bridgehead atoms. The van der Waals surface area contributed by atoms with Crippen LogP contribution in [0.25, 0.3) is 0 Å². The van der Waals surface area contributed by atoms with Crippen molar-refractivity contribution in [3.63, 3.8) is 0 Å². The van der Waals surface area contributed by atoms with Crippen molar-refractivity contribution in [2.24, 2.45) is 11.8 Å². The first kappa shape index (κ1) is 21.7. The van der Waals surface area contributed by atoms with E-state index in [9.17, 15) is 14.7 Å². The Bertz CT molecular complexity index is 861. The fourth-order valence-corrected chi connectivity index (χ4v) is 3.89. The lowest BCUT2D eigenvalue weighted by atomic mass is 9.79. The third-order valence-corrected chi connectivity index (χ3v) is 5.45. The Morgan fingerprint density at radius 3 is 2.20 bits per heavy atom. The standard InChI is InChI=1S/C22H26O8/c1-26-16-6-5-13(8-17(16)27-2)7-14-12-30-21(24)15(14)9-22(25)10-18(28-3)20(23)19(11-22)29-4/h5-6,8,10-11,14-15,25H,7,9,12H2,1-4H3/t14-,15+/m0/s1.